The topological polar surface area (TPSA) is 61.5 Å². The lowest BCUT2D eigenvalue weighted by molar-refractivity contribution is -0.142. The number of hydrogen-bond donors (Lipinski definition) is 1. The van der Waals surface area contributed by atoms with E-state index in [0.717, 1.165) is 16.9 Å². The fourth-order valence-corrected chi connectivity index (χ4v) is 1.63. The standard InChI is InChI=1S/C12H17NO3/c1-8-6-9(4-5-11(8)15-2)10(7-13)12(14)16-3/h4-6,10H,7,13H2,1-3H3. The predicted octanol–water partition coefficient (Wildman–Crippen LogP) is 1.22. The second kappa shape index (κ2) is 5.51. The molecule has 0 aromatic heterocycles. The molecule has 0 fully saturated rings. The molecule has 1 atom stereocenters. The summed E-state index contributed by atoms with van der Waals surface area (Å²) < 4.78 is 9.86. The molecule has 0 heterocycles. The molecule has 0 saturated carbocycles. The second-order valence-corrected chi connectivity index (χ2v) is 3.54. The maximum absolute atomic E-state index is 11.5. The Bertz CT molecular complexity index is 377. The third-order valence-corrected chi connectivity index (χ3v) is 2.54. The van der Waals surface area contributed by atoms with Crippen LogP contribution in [0.3, 0.4) is 0 Å². The largest absolute Gasteiger partial charge is 0.496 e. The van der Waals surface area contributed by atoms with Gasteiger partial charge in [0.25, 0.3) is 0 Å². The Hall–Kier alpha value is -1.55. The molecule has 1 aromatic rings. The molecule has 88 valence electrons. The van der Waals surface area contributed by atoms with Gasteiger partial charge in [0.1, 0.15) is 5.75 Å². The van der Waals surface area contributed by atoms with Gasteiger partial charge in [-0.2, -0.15) is 0 Å². The average Bonchev–Trinajstić information content (AvgIpc) is 2.30. The van der Waals surface area contributed by atoms with Gasteiger partial charge >= 0.3 is 5.97 Å². The zero-order chi connectivity index (χ0) is 12.1. The Morgan fingerprint density at radius 1 is 1.44 bits per heavy atom. The van der Waals surface area contributed by atoms with Gasteiger partial charge < -0.3 is 15.2 Å². The molecule has 0 aliphatic rings. The van der Waals surface area contributed by atoms with Crippen molar-refractivity contribution in [2.24, 2.45) is 5.73 Å². The minimum absolute atomic E-state index is 0.235. The normalized spacial score (nSPS) is 12.0. The number of hydrogen-bond acceptors (Lipinski definition) is 4. The lowest BCUT2D eigenvalue weighted by atomic mass is 9.97. The summed E-state index contributed by atoms with van der Waals surface area (Å²) >= 11 is 0. The highest BCUT2D eigenvalue weighted by molar-refractivity contribution is 5.78. The maximum Gasteiger partial charge on any atom is 0.314 e. The summed E-state index contributed by atoms with van der Waals surface area (Å²) in [6, 6.07) is 5.56. The Labute approximate surface area is 95.3 Å². The first-order valence-electron chi connectivity index (χ1n) is 5.06. The highest BCUT2D eigenvalue weighted by atomic mass is 16.5. The molecule has 0 spiro atoms. The van der Waals surface area contributed by atoms with E-state index < -0.39 is 5.92 Å². The average molecular weight is 223 g/mol. The molecular weight excluding hydrogens is 206 g/mol. The minimum Gasteiger partial charge on any atom is -0.496 e. The molecule has 16 heavy (non-hydrogen) atoms. The first-order valence-corrected chi connectivity index (χ1v) is 5.06. The fourth-order valence-electron chi connectivity index (χ4n) is 1.63. The molecular formula is C12H17NO3. The van der Waals surface area contributed by atoms with E-state index in [0.29, 0.717) is 0 Å². The van der Waals surface area contributed by atoms with Gasteiger partial charge in [-0.25, -0.2) is 0 Å². The number of esters is 1. The Balaban J connectivity index is 3.03. The molecule has 1 aromatic carbocycles. The first-order chi connectivity index (χ1) is 7.63. The van der Waals surface area contributed by atoms with Crippen molar-refractivity contribution < 1.29 is 14.3 Å². The summed E-state index contributed by atoms with van der Waals surface area (Å²) in [6.07, 6.45) is 0. The van der Waals surface area contributed by atoms with Crippen LogP contribution in [-0.2, 0) is 9.53 Å². The quantitative estimate of drug-likeness (QED) is 0.779. The van der Waals surface area contributed by atoms with Gasteiger partial charge in [-0.15, -0.1) is 0 Å². The van der Waals surface area contributed by atoms with Crippen LogP contribution in [0.2, 0.25) is 0 Å². The maximum atomic E-state index is 11.5. The van der Waals surface area contributed by atoms with Crippen molar-refractivity contribution in [3.05, 3.63) is 29.3 Å². The third-order valence-electron chi connectivity index (χ3n) is 2.54. The summed E-state index contributed by atoms with van der Waals surface area (Å²) in [5.74, 6) is 0.0751. The summed E-state index contributed by atoms with van der Waals surface area (Å²) in [4.78, 5) is 11.5. The molecule has 0 bridgehead atoms. The van der Waals surface area contributed by atoms with Crippen molar-refractivity contribution in [2.75, 3.05) is 20.8 Å². The molecule has 0 saturated heterocycles. The first kappa shape index (κ1) is 12.5. The van der Waals surface area contributed by atoms with Gasteiger partial charge in [-0.3, -0.25) is 4.79 Å². The van der Waals surface area contributed by atoms with Gasteiger partial charge in [0.2, 0.25) is 0 Å². The number of nitrogens with two attached hydrogens (primary N) is 1. The number of rotatable bonds is 4. The van der Waals surface area contributed by atoms with Gasteiger partial charge in [-0.05, 0) is 24.1 Å². The van der Waals surface area contributed by atoms with Crippen molar-refractivity contribution in [3.8, 4) is 5.75 Å². The van der Waals surface area contributed by atoms with Crippen molar-refractivity contribution in [3.63, 3.8) is 0 Å². The lowest BCUT2D eigenvalue weighted by Gasteiger charge is -2.14. The van der Waals surface area contributed by atoms with Crippen LogP contribution in [-0.4, -0.2) is 26.7 Å². The van der Waals surface area contributed by atoms with Crippen LogP contribution >= 0.6 is 0 Å². The monoisotopic (exact) mass is 223 g/mol. The molecule has 0 amide bonds. The van der Waals surface area contributed by atoms with E-state index in [1.165, 1.54) is 7.11 Å². The summed E-state index contributed by atoms with van der Waals surface area (Å²) in [5.41, 5.74) is 7.40. The van der Waals surface area contributed by atoms with Crippen molar-refractivity contribution in [1.82, 2.24) is 0 Å². The van der Waals surface area contributed by atoms with Crippen LogP contribution in [0.25, 0.3) is 0 Å². The minimum atomic E-state index is -0.408. The second-order valence-electron chi connectivity index (χ2n) is 3.54. The highest BCUT2D eigenvalue weighted by Gasteiger charge is 2.20. The van der Waals surface area contributed by atoms with Crippen LogP contribution in [0.15, 0.2) is 18.2 Å². The molecule has 0 aliphatic carbocycles. The van der Waals surface area contributed by atoms with E-state index in [9.17, 15) is 4.79 Å². The van der Waals surface area contributed by atoms with Gasteiger partial charge in [0.05, 0.1) is 20.1 Å². The van der Waals surface area contributed by atoms with Crippen molar-refractivity contribution in [1.29, 1.82) is 0 Å². The van der Waals surface area contributed by atoms with Gasteiger partial charge in [0.15, 0.2) is 0 Å². The van der Waals surface area contributed by atoms with Crippen LogP contribution in [0.5, 0.6) is 5.75 Å². The molecule has 2 N–H and O–H groups in total. The van der Waals surface area contributed by atoms with Crippen molar-refractivity contribution >= 4 is 5.97 Å². The summed E-state index contributed by atoms with van der Waals surface area (Å²) in [5, 5.41) is 0. The third kappa shape index (κ3) is 2.52. The Kier molecular flexibility index (Phi) is 4.31. The van der Waals surface area contributed by atoms with Crippen molar-refractivity contribution in [2.45, 2.75) is 12.8 Å². The van der Waals surface area contributed by atoms with E-state index in [1.807, 2.05) is 25.1 Å². The number of methoxy groups -OCH3 is 2. The number of carbonyl (C=O) groups is 1. The van der Waals surface area contributed by atoms with Crippen LogP contribution < -0.4 is 10.5 Å². The SMILES string of the molecule is COC(=O)C(CN)c1ccc(OC)c(C)c1. The smallest absolute Gasteiger partial charge is 0.314 e. The number of aryl methyl sites for hydroxylation is 1. The summed E-state index contributed by atoms with van der Waals surface area (Å²) in [7, 11) is 2.98. The molecule has 1 rings (SSSR count). The predicted molar refractivity (Wildman–Crippen MR) is 61.5 cm³/mol. The number of benzene rings is 1. The molecule has 4 nitrogen and oxygen atoms in total. The van der Waals surface area contributed by atoms with Gasteiger partial charge in [-0.1, -0.05) is 12.1 Å². The molecule has 0 aliphatic heterocycles. The fraction of sp³-hybridized carbons (Fsp3) is 0.417. The zero-order valence-electron chi connectivity index (χ0n) is 9.82. The van der Waals surface area contributed by atoms with Crippen LogP contribution in [0.4, 0.5) is 0 Å². The molecule has 4 heteroatoms. The van der Waals surface area contributed by atoms with E-state index in [2.05, 4.69) is 0 Å². The molecule has 0 radical (unpaired) electrons. The highest BCUT2D eigenvalue weighted by Crippen LogP contribution is 2.23. The van der Waals surface area contributed by atoms with E-state index >= 15 is 0 Å². The Morgan fingerprint density at radius 2 is 2.12 bits per heavy atom. The van der Waals surface area contributed by atoms with E-state index in [4.69, 9.17) is 15.2 Å². The van der Waals surface area contributed by atoms with E-state index in [-0.39, 0.29) is 12.5 Å². The Morgan fingerprint density at radius 3 is 2.56 bits per heavy atom. The van der Waals surface area contributed by atoms with Crippen LogP contribution in [0, 0.1) is 6.92 Å². The molecule has 1 unspecified atom stereocenters. The number of carbonyl (C=O) groups excluding carboxylic acids is 1. The van der Waals surface area contributed by atoms with Crippen LogP contribution in [0.1, 0.15) is 17.0 Å². The summed E-state index contributed by atoms with van der Waals surface area (Å²) in [6.45, 7) is 2.16. The number of ether oxygens (including phenoxy) is 2. The lowest BCUT2D eigenvalue weighted by Crippen LogP contribution is -2.22. The van der Waals surface area contributed by atoms with E-state index in [1.54, 1.807) is 7.11 Å². The zero-order valence-corrected chi connectivity index (χ0v) is 9.82. The van der Waals surface area contributed by atoms with Gasteiger partial charge in [0, 0.05) is 6.54 Å².